The molecular weight excluding hydrogens is 438 g/mol. The fourth-order valence-electron chi connectivity index (χ4n) is 5.09. The van der Waals surface area contributed by atoms with Crippen LogP contribution in [0.25, 0.3) is 11.0 Å². The molecule has 0 spiro atoms. The first kappa shape index (κ1) is 23.9. The van der Waals surface area contributed by atoms with Gasteiger partial charge in [0.25, 0.3) is 5.56 Å². The second-order valence-electron chi connectivity index (χ2n) is 8.96. The third-order valence-electron chi connectivity index (χ3n) is 7.07. The number of benzene rings is 1. The molecule has 3 heterocycles. The topological polar surface area (TPSA) is 70.1 Å². The Morgan fingerprint density at radius 2 is 1.91 bits per heavy atom. The van der Waals surface area contributed by atoms with Crippen LogP contribution in [0.15, 0.2) is 35.3 Å². The second kappa shape index (κ2) is 9.55. The number of pyridine rings is 1. The van der Waals surface area contributed by atoms with Crippen LogP contribution in [-0.4, -0.2) is 44.4 Å². The molecule has 4 rings (SSSR count). The van der Waals surface area contributed by atoms with Gasteiger partial charge in [0.05, 0.1) is 23.5 Å². The number of aryl methyl sites for hydroxylation is 1. The van der Waals surface area contributed by atoms with Gasteiger partial charge in [-0.25, -0.2) is 8.78 Å². The van der Waals surface area contributed by atoms with Crippen molar-refractivity contribution in [3.63, 3.8) is 0 Å². The van der Waals surface area contributed by atoms with Crippen molar-refractivity contribution in [3.05, 3.63) is 58.0 Å². The monoisotopic (exact) mass is 468 g/mol. The number of hydrogen-bond donors (Lipinski definition) is 0. The molecule has 34 heavy (non-hydrogen) atoms. The molecule has 0 saturated carbocycles. The van der Waals surface area contributed by atoms with Crippen molar-refractivity contribution in [2.24, 2.45) is 7.05 Å². The summed E-state index contributed by atoms with van der Waals surface area (Å²) < 4.78 is 31.2. The summed E-state index contributed by atoms with van der Waals surface area (Å²) in [6.45, 7) is 7.57. The highest BCUT2D eigenvalue weighted by molar-refractivity contribution is 5.88. The first-order valence-electron chi connectivity index (χ1n) is 11.7. The minimum atomic E-state index is -0.581. The van der Waals surface area contributed by atoms with Crippen LogP contribution in [0.2, 0.25) is 0 Å². The van der Waals surface area contributed by atoms with E-state index >= 15 is 0 Å². The minimum absolute atomic E-state index is 0.0742. The standard InChI is InChI=1S/C25H30F2N6O/c1-5-18-14-33(22-12-24(34)30(4)23-15-31(10-9-28)29-25(22)23)19(6-2)13-32(18)16(3)20-8-7-17(26)11-21(20)27/h7-8,11-12,15-16,18-19H,5-6,10,13-14H2,1-4H3/t16-,18+,19-/m0/s1. The fraction of sp³-hybridized carbons (Fsp3) is 0.480. The first-order chi connectivity index (χ1) is 16.3. The molecule has 3 atom stereocenters. The number of fused-ring (bicyclic) bond motifs is 1. The Morgan fingerprint density at radius 1 is 1.18 bits per heavy atom. The maximum absolute atomic E-state index is 14.6. The zero-order valence-electron chi connectivity index (χ0n) is 20.0. The van der Waals surface area contributed by atoms with E-state index in [1.807, 2.05) is 6.92 Å². The summed E-state index contributed by atoms with van der Waals surface area (Å²) >= 11 is 0. The van der Waals surface area contributed by atoms with Crippen molar-refractivity contribution in [2.75, 3.05) is 18.0 Å². The Labute approximate surface area is 197 Å². The van der Waals surface area contributed by atoms with E-state index in [9.17, 15) is 13.6 Å². The highest BCUT2D eigenvalue weighted by Gasteiger charge is 2.37. The van der Waals surface area contributed by atoms with E-state index in [0.717, 1.165) is 24.6 Å². The quantitative estimate of drug-likeness (QED) is 0.547. The second-order valence-corrected chi connectivity index (χ2v) is 8.96. The molecule has 0 unspecified atom stereocenters. The van der Waals surface area contributed by atoms with Gasteiger partial charge in [-0.2, -0.15) is 10.4 Å². The molecule has 0 radical (unpaired) electrons. The van der Waals surface area contributed by atoms with Gasteiger partial charge in [-0.3, -0.25) is 14.4 Å². The number of rotatable bonds is 6. The summed E-state index contributed by atoms with van der Waals surface area (Å²) in [5.41, 5.74) is 2.49. The van der Waals surface area contributed by atoms with Gasteiger partial charge in [0.1, 0.15) is 23.7 Å². The van der Waals surface area contributed by atoms with E-state index in [1.54, 1.807) is 28.6 Å². The molecule has 0 aliphatic carbocycles. The van der Waals surface area contributed by atoms with E-state index in [-0.39, 0.29) is 30.2 Å². The van der Waals surface area contributed by atoms with E-state index in [2.05, 4.69) is 34.8 Å². The van der Waals surface area contributed by atoms with E-state index in [0.29, 0.717) is 29.7 Å². The van der Waals surface area contributed by atoms with Crippen molar-refractivity contribution in [3.8, 4) is 6.07 Å². The molecule has 1 aliphatic rings. The summed E-state index contributed by atoms with van der Waals surface area (Å²) in [5.74, 6) is -1.11. The number of hydrogen-bond acceptors (Lipinski definition) is 5. The van der Waals surface area contributed by atoms with Gasteiger partial charge >= 0.3 is 0 Å². The summed E-state index contributed by atoms with van der Waals surface area (Å²) in [4.78, 5) is 17.3. The van der Waals surface area contributed by atoms with Gasteiger partial charge in [-0.15, -0.1) is 0 Å². The number of aromatic nitrogens is 3. The number of nitriles is 1. The van der Waals surface area contributed by atoms with E-state index in [4.69, 9.17) is 5.26 Å². The predicted molar refractivity (Wildman–Crippen MR) is 128 cm³/mol. The molecule has 180 valence electrons. The van der Waals surface area contributed by atoms with Crippen LogP contribution >= 0.6 is 0 Å². The molecule has 0 bridgehead atoms. The molecule has 1 aliphatic heterocycles. The Morgan fingerprint density at radius 3 is 2.56 bits per heavy atom. The molecule has 9 heteroatoms. The van der Waals surface area contributed by atoms with Crippen LogP contribution in [0.4, 0.5) is 14.5 Å². The van der Waals surface area contributed by atoms with Crippen LogP contribution in [0.1, 0.15) is 45.2 Å². The maximum atomic E-state index is 14.6. The SMILES string of the molecule is CC[C@H]1CN([C@@H](C)c2ccc(F)cc2F)[C@H](CC)CN1c1cc(=O)n(C)c2cn(CC#N)nc12. The van der Waals surface area contributed by atoms with E-state index in [1.165, 1.54) is 12.1 Å². The van der Waals surface area contributed by atoms with Crippen molar-refractivity contribution < 1.29 is 8.78 Å². The minimum Gasteiger partial charge on any atom is -0.364 e. The van der Waals surface area contributed by atoms with Gasteiger partial charge < -0.3 is 9.47 Å². The number of nitrogens with zero attached hydrogens (tertiary/aromatic N) is 6. The number of halogens is 2. The Balaban J connectivity index is 1.73. The average Bonchev–Trinajstić information content (AvgIpc) is 3.24. The molecule has 1 aromatic carbocycles. The van der Waals surface area contributed by atoms with Gasteiger partial charge in [0.2, 0.25) is 0 Å². The lowest BCUT2D eigenvalue weighted by Crippen LogP contribution is -2.59. The molecule has 3 aromatic rings. The average molecular weight is 469 g/mol. The number of anilines is 1. The highest BCUT2D eigenvalue weighted by Crippen LogP contribution is 2.35. The van der Waals surface area contributed by atoms with Gasteiger partial charge in [0.15, 0.2) is 0 Å². The smallest absolute Gasteiger partial charge is 0.252 e. The summed E-state index contributed by atoms with van der Waals surface area (Å²) in [5, 5.41) is 13.7. The van der Waals surface area contributed by atoms with Crippen molar-refractivity contribution >= 4 is 16.7 Å². The third kappa shape index (κ3) is 4.18. The third-order valence-corrected chi connectivity index (χ3v) is 7.07. The molecule has 1 fully saturated rings. The summed E-state index contributed by atoms with van der Waals surface area (Å²) in [6, 6.07) is 7.44. The zero-order valence-corrected chi connectivity index (χ0v) is 20.0. The molecule has 0 N–H and O–H groups in total. The lowest BCUT2D eigenvalue weighted by atomic mass is 9.96. The van der Waals surface area contributed by atoms with E-state index < -0.39 is 11.6 Å². The maximum Gasteiger partial charge on any atom is 0.252 e. The molecule has 7 nitrogen and oxygen atoms in total. The predicted octanol–water partition coefficient (Wildman–Crippen LogP) is 3.98. The summed E-state index contributed by atoms with van der Waals surface area (Å²) in [6.07, 6.45) is 3.38. The molecule has 2 aromatic heterocycles. The lowest BCUT2D eigenvalue weighted by Gasteiger charge is -2.49. The molecule has 0 amide bonds. The largest absolute Gasteiger partial charge is 0.364 e. The van der Waals surface area contributed by atoms with Crippen LogP contribution in [0.3, 0.4) is 0 Å². The number of piperazine rings is 1. The fourth-order valence-corrected chi connectivity index (χ4v) is 5.09. The summed E-state index contributed by atoms with van der Waals surface area (Å²) in [7, 11) is 1.70. The molecule has 1 saturated heterocycles. The van der Waals surface area contributed by atoms with Gasteiger partial charge in [-0.05, 0) is 25.8 Å². The Kier molecular flexibility index (Phi) is 6.71. The Bertz CT molecular complexity index is 1290. The molecular formula is C25H30F2N6O. The van der Waals surface area contributed by atoms with Crippen molar-refractivity contribution in [1.29, 1.82) is 5.26 Å². The first-order valence-corrected chi connectivity index (χ1v) is 11.7. The lowest BCUT2D eigenvalue weighted by molar-refractivity contribution is 0.0993. The highest BCUT2D eigenvalue weighted by atomic mass is 19.1. The normalized spacial score (nSPS) is 20.0. The van der Waals surface area contributed by atoms with Gasteiger partial charge in [0, 0.05) is 56.0 Å². The van der Waals surface area contributed by atoms with Crippen LogP contribution in [0.5, 0.6) is 0 Å². The van der Waals surface area contributed by atoms with Gasteiger partial charge in [-0.1, -0.05) is 19.9 Å². The Hall–Kier alpha value is -3.25. The zero-order chi connectivity index (χ0) is 24.6. The van der Waals surface area contributed by atoms with Crippen LogP contribution in [0, 0.1) is 23.0 Å². The van der Waals surface area contributed by atoms with Crippen LogP contribution in [-0.2, 0) is 13.6 Å². The van der Waals surface area contributed by atoms with Crippen molar-refractivity contribution in [2.45, 2.75) is 58.3 Å². The van der Waals surface area contributed by atoms with Crippen LogP contribution < -0.4 is 10.5 Å². The van der Waals surface area contributed by atoms with Crippen molar-refractivity contribution in [1.82, 2.24) is 19.2 Å².